The SMILES string of the molecule is CC(C)C1(O)CN(C(=O)c2ccc3c(c2)CCCC3)C1. The zero-order valence-electron chi connectivity index (χ0n) is 12.4. The molecule has 3 nitrogen and oxygen atoms in total. The molecule has 1 aliphatic heterocycles. The number of benzene rings is 1. The number of β-amino-alcohol motifs (C(OH)–C–C–N with tert-alkyl or cyclic N) is 1. The fourth-order valence-electron chi connectivity index (χ4n) is 3.17. The Hall–Kier alpha value is -1.35. The third-order valence-corrected chi connectivity index (χ3v) is 4.89. The van der Waals surface area contributed by atoms with Crippen LogP contribution in [0.3, 0.4) is 0 Å². The minimum Gasteiger partial charge on any atom is -0.386 e. The van der Waals surface area contributed by atoms with Crippen LogP contribution in [0.2, 0.25) is 0 Å². The van der Waals surface area contributed by atoms with Crippen LogP contribution in [0.25, 0.3) is 0 Å². The number of aliphatic hydroxyl groups is 1. The molecule has 1 aromatic carbocycles. The summed E-state index contributed by atoms with van der Waals surface area (Å²) in [6.45, 7) is 4.92. The smallest absolute Gasteiger partial charge is 0.254 e. The monoisotopic (exact) mass is 273 g/mol. The molecular weight excluding hydrogens is 250 g/mol. The molecule has 0 bridgehead atoms. The molecule has 1 aromatic rings. The summed E-state index contributed by atoms with van der Waals surface area (Å²) in [5.41, 5.74) is 2.82. The van der Waals surface area contributed by atoms with E-state index in [2.05, 4.69) is 12.1 Å². The number of amides is 1. The predicted octanol–water partition coefficient (Wildman–Crippen LogP) is 2.41. The van der Waals surface area contributed by atoms with Crippen molar-refractivity contribution in [1.82, 2.24) is 4.90 Å². The van der Waals surface area contributed by atoms with Crippen LogP contribution in [0.4, 0.5) is 0 Å². The van der Waals surface area contributed by atoms with Crippen molar-refractivity contribution in [2.75, 3.05) is 13.1 Å². The molecular formula is C17H23NO2. The van der Waals surface area contributed by atoms with Gasteiger partial charge >= 0.3 is 0 Å². The van der Waals surface area contributed by atoms with E-state index in [4.69, 9.17) is 0 Å². The highest BCUT2D eigenvalue weighted by atomic mass is 16.3. The Morgan fingerprint density at radius 1 is 1.20 bits per heavy atom. The number of carbonyl (C=O) groups excluding carboxylic acids is 1. The molecule has 1 fully saturated rings. The molecule has 1 saturated heterocycles. The summed E-state index contributed by atoms with van der Waals surface area (Å²) in [5.74, 6) is 0.249. The van der Waals surface area contributed by atoms with Crippen LogP contribution in [0.5, 0.6) is 0 Å². The second-order valence-corrected chi connectivity index (χ2v) is 6.61. The summed E-state index contributed by atoms with van der Waals surface area (Å²) < 4.78 is 0. The lowest BCUT2D eigenvalue weighted by Crippen LogP contribution is -2.65. The average Bonchev–Trinajstić information content (AvgIpc) is 2.42. The average molecular weight is 273 g/mol. The highest BCUT2D eigenvalue weighted by molar-refractivity contribution is 5.95. The van der Waals surface area contributed by atoms with Gasteiger partial charge in [0.15, 0.2) is 0 Å². The van der Waals surface area contributed by atoms with E-state index in [-0.39, 0.29) is 11.8 Å². The van der Waals surface area contributed by atoms with Gasteiger partial charge < -0.3 is 10.0 Å². The van der Waals surface area contributed by atoms with Crippen molar-refractivity contribution in [3.63, 3.8) is 0 Å². The summed E-state index contributed by atoms with van der Waals surface area (Å²) in [5, 5.41) is 10.3. The molecule has 0 unspecified atom stereocenters. The summed E-state index contributed by atoms with van der Waals surface area (Å²) >= 11 is 0. The minimum atomic E-state index is -0.691. The zero-order valence-corrected chi connectivity index (χ0v) is 12.4. The van der Waals surface area contributed by atoms with Crippen molar-refractivity contribution in [3.8, 4) is 0 Å². The van der Waals surface area contributed by atoms with Gasteiger partial charge in [-0.3, -0.25) is 4.79 Å². The van der Waals surface area contributed by atoms with Crippen molar-refractivity contribution in [3.05, 3.63) is 34.9 Å². The molecule has 1 N–H and O–H groups in total. The molecule has 0 atom stereocenters. The fraction of sp³-hybridized carbons (Fsp3) is 0.588. The summed E-state index contributed by atoms with van der Waals surface area (Å²) in [7, 11) is 0. The number of hydrogen-bond acceptors (Lipinski definition) is 2. The van der Waals surface area contributed by atoms with Crippen LogP contribution in [0.15, 0.2) is 18.2 Å². The summed E-state index contributed by atoms with van der Waals surface area (Å²) in [4.78, 5) is 14.2. The van der Waals surface area contributed by atoms with Gasteiger partial charge in [-0.05, 0) is 54.9 Å². The Labute approximate surface area is 120 Å². The molecule has 1 aliphatic carbocycles. The minimum absolute atomic E-state index is 0.0590. The van der Waals surface area contributed by atoms with E-state index >= 15 is 0 Å². The third-order valence-electron chi connectivity index (χ3n) is 4.89. The summed E-state index contributed by atoms with van der Waals surface area (Å²) in [6, 6.07) is 6.11. The largest absolute Gasteiger partial charge is 0.386 e. The van der Waals surface area contributed by atoms with Gasteiger partial charge in [-0.15, -0.1) is 0 Å². The van der Waals surface area contributed by atoms with Crippen molar-refractivity contribution in [1.29, 1.82) is 0 Å². The van der Waals surface area contributed by atoms with Gasteiger partial charge in [0.1, 0.15) is 5.60 Å². The van der Waals surface area contributed by atoms with Gasteiger partial charge in [0, 0.05) is 5.56 Å². The molecule has 20 heavy (non-hydrogen) atoms. The standard InChI is InChI=1S/C17H23NO2/c1-12(2)17(20)10-18(11-17)16(19)15-8-7-13-5-3-4-6-14(13)9-15/h7-9,12,20H,3-6,10-11H2,1-2H3. The molecule has 3 rings (SSSR count). The maximum Gasteiger partial charge on any atom is 0.254 e. The first-order valence-electron chi connectivity index (χ1n) is 7.63. The zero-order chi connectivity index (χ0) is 14.3. The number of fused-ring (bicyclic) bond motifs is 1. The van der Waals surface area contributed by atoms with Crippen LogP contribution in [0, 0.1) is 5.92 Å². The number of likely N-dealkylation sites (tertiary alicyclic amines) is 1. The van der Waals surface area contributed by atoms with Crippen molar-refractivity contribution in [2.45, 2.75) is 45.1 Å². The van der Waals surface area contributed by atoms with E-state index < -0.39 is 5.60 Å². The number of rotatable bonds is 2. The molecule has 0 saturated carbocycles. The number of nitrogens with zero attached hydrogens (tertiary/aromatic N) is 1. The number of carbonyl (C=O) groups is 1. The first-order chi connectivity index (χ1) is 9.49. The maximum absolute atomic E-state index is 12.4. The second kappa shape index (κ2) is 4.88. The molecule has 0 aromatic heterocycles. The van der Waals surface area contributed by atoms with Crippen molar-refractivity contribution in [2.24, 2.45) is 5.92 Å². The quantitative estimate of drug-likeness (QED) is 0.899. The van der Waals surface area contributed by atoms with Crippen LogP contribution >= 0.6 is 0 Å². The number of aryl methyl sites for hydroxylation is 2. The molecule has 1 amide bonds. The van der Waals surface area contributed by atoms with E-state index in [1.807, 2.05) is 19.9 Å². The third kappa shape index (κ3) is 2.24. The molecule has 3 heteroatoms. The van der Waals surface area contributed by atoms with E-state index in [0.717, 1.165) is 18.4 Å². The van der Waals surface area contributed by atoms with Crippen LogP contribution in [0.1, 0.15) is 48.2 Å². The lowest BCUT2D eigenvalue weighted by atomic mass is 9.82. The molecule has 108 valence electrons. The Bertz CT molecular complexity index is 530. The highest BCUT2D eigenvalue weighted by Crippen LogP contribution is 2.30. The van der Waals surface area contributed by atoms with Gasteiger partial charge in [0.2, 0.25) is 0 Å². The normalized spacial score (nSPS) is 20.5. The lowest BCUT2D eigenvalue weighted by Gasteiger charge is -2.49. The van der Waals surface area contributed by atoms with Gasteiger partial charge in [-0.1, -0.05) is 19.9 Å². The lowest BCUT2D eigenvalue weighted by molar-refractivity contribution is -0.110. The van der Waals surface area contributed by atoms with Crippen molar-refractivity contribution < 1.29 is 9.90 Å². The van der Waals surface area contributed by atoms with Crippen LogP contribution in [-0.4, -0.2) is 34.6 Å². The molecule has 0 radical (unpaired) electrons. The molecule has 1 heterocycles. The maximum atomic E-state index is 12.4. The highest BCUT2D eigenvalue weighted by Gasteiger charge is 2.45. The Morgan fingerprint density at radius 3 is 2.50 bits per heavy atom. The first kappa shape index (κ1) is 13.6. The van der Waals surface area contributed by atoms with Gasteiger partial charge in [0.05, 0.1) is 13.1 Å². The van der Waals surface area contributed by atoms with E-state index in [9.17, 15) is 9.90 Å². The van der Waals surface area contributed by atoms with Gasteiger partial charge in [-0.25, -0.2) is 0 Å². The van der Waals surface area contributed by atoms with E-state index in [1.54, 1.807) is 4.90 Å². The van der Waals surface area contributed by atoms with Crippen molar-refractivity contribution >= 4 is 5.91 Å². The first-order valence-corrected chi connectivity index (χ1v) is 7.63. The van der Waals surface area contributed by atoms with E-state index in [1.165, 1.54) is 24.0 Å². The Balaban J connectivity index is 1.73. The van der Waals surface area contributed by atoms with E-state index in [0.29, 0.717) is 13.1 Å². The summed E-state index contributed by atoms with van der Waals surface area (Å²) in [6.07, 6.45) is 4.71. The van der Waals surface area contributed by atoms with Gasteiger partial charge in [0.25, 0.3) is 5.91 Å². The van der Waals surface area contributed by atoms with Gasteiger partial charge in [-0.2, -0.15) is 0 Å². The Kier molecular flexibility index (Phi) is 3.33. The van der Waals surface area contributed by atoms with Crippen LogP contribution < -0.4 is 0 Å². The predicted molar refractivity (Wildman–Crippen MR) is 78.8 cm³/mol. The topological polar surface area (TPSA) is 40.5 Å². The molecule has 2 aliphatic rings. The van der Waals surface area contributed by atoms with Crippen LogP contribution in [-0.2, 0) is 12.8 Å². The fourth-order valence-corrected chi connectivity index (χ4v) is 3.17. The molecule has 0 spiro atoms. The second-order valence-electron chi connectivity index (χ2n) is 6.61. The Morgan fingerprint density at radius 2 is 1.85 bits per heavy atom. The number of hydrogen-bond donors (Lipinski definition) is 1.